The first-order chi connectivity index (χ1) is 65.8. The molecular weight excluding hydrogens is 1620 g/mol. The second kappa shape index (κ2) is 37.6. The van der Waals surface area contributed by atoms with Crippen LogP contribution in [0.25, 0.3) is 128 Å². The third-order valence-electron chi connectivity index (χ3n) is 25.8. The van der Waals surface area contributed by atoms with Crippen LogP contribution in [0, 0.1) is 41.5 Å². The fraction of sp³-hybridized carbons (Fsp3) is 0.0469. The molecule has 0 bridgehead atoms. The zero-order chi connectivity index (χ0) is 91.3. The molecule has 2 aromatic heterocycles. The van der Waals surface area contributed by atoms with Crippen LogP contribution in [0.3, 0.4) is 0 Å². The summed E-state index contributed by atoms with van der Waals surface area (Å²) in [5.74, 6) is 0. The third kappa shape index (κ3) is 17.0. The maximum Gasteiger partial charge on any atom is 0.0541 e. The first-order valence-corrected chi connectivity index (χ1v) is 45.9. The van der Waals surface area contributed by atoms with Crippen molar-refractivity contribution in [2.75, 3.05) is 19.6 Å². The molecule has 0 aliphatic carbocycles. The second-order valence-electron chi connectivity index (χ2n) is 34.6. The minimum atomic E-state index is 1.10. The highest BCUT2D eigenvalue weighted by atomic mass is 15.2. The van der Waals surface area contributed by atoms with Crippen molar-refractivity contribution in [1.82, 2.24) is 9.13 Å². The van der Waals surface area contributed by atoms with Crippen LogP contribution in [-0.4, -0.2) is 9.13 Å². The normalized spacial score (nSPS) is 11.1. The summed E-state index contributed by atoms with van der Waals surface area (Å²) in [5, 5.41) is 9.94. The highest BCUT2D eigenvalue weighted by Crippen LogP contribution is 2.47. The lowest BCUT2D eigenvalue weighted by Gasteiger charge is -2.29. The first-order valence-electron chi connectivity index (χ1n) is 45.9. The molecule has 22 rings (SSSR count). The number of aromatic nitrogens is 2. The van der Waals surface area contributed by atoms with Crippen LogP contribution in [-0.2, 0) is 0 Å². The molecule has 0 saturated heterocycles. The second-order valence-corrected chi connectivity index (χ2v) is 34.6. The van der Waals surface area contributed by atoms with Crippen molar-refractivity contribution < 1.29 is 0 Å². The number of anilines is 12. The zero-order valence-corrected chi connectivity index (χ0v) is 76.3. The Morgan fingerprint density at radius 3 is 0.910 bits per heavy atom. The summed E-state index contributed by atoms with van der Waals surface area (Å²) in [6, 6.07) is 164. The van der Waals surface area contributed by atoms with Gasteiger partial charge in [-0.3, -0.25) is 0 Å². The Labute approximate surface area is 786 Å². The summed E-state index contributed by atoms with van der Waals surface area (Å²) in [5.41, 5.74) is 38.8. The number of nitrogens with zero attached hydrogens (tertiary/aromatic N) is 6. The van der Waals surface area contributed by atoms with Gasteiger partial charge < -0.3 is 28.7 Å². The van der Waals surface area contributed by atoms with Crippen molar-refractivity contribution in [3.8, 4) is 44.8 Å². The van der Waals surface area contributed by atoms with E-state index < -0.39 is 0 Å². The third-order valence-corrected chi connectivity index (χ3v) is 25.8. The van der Waals surface area contributed by atoms with Crippen molar-refractivity contribution in [2.45, 2.75) is 41.5 Å². The molecule has 0 spiro atoms. The van der Waals surface area contributed by atoms with Gasteiger partial charge in [-0.15, -0.1) is 0 Å². The van der Waals surface area contributed by atoms with Gasteiger partial charge in [-0.2, -0.15) is 0 Å². The van der Waals surface area contributed by atoms with Crippen molar-refractivity contribution in [2.24, 2.45) is 0 Å². The van der Waals surface area contributed by atoms with E-state index in [4.69, 9.17) is 0 Å². The van der Waals surface area contributed by atoms with Gasteiger partial charge in [-0.05, 0) is 324 Å². The van der Waals surface area contributed by atoms with E-state index in [2.05, 4.69) is 545 Å². The SMILES string of the molecule is C=Cc1ccc(N(c2ccc(-c3ccc(N(c4ccccc4)c4cccc5ccccc45)cc3)cc2)c2cccc3ccccc23)cc1.C=Cc1ccc(N(c2cccc(C)c2)c2ccc(-c3ccc(N(c4cccc(C)c4)c4cccc(C)c4)c(C)c3)cc2C)cc1C.C=Cc1ccc2c(c1)c1ccccc1n2-c1ccc(-c2ccc(-n3c4ccccc4c4ccccc43)cc2)cc1. The molecule has 0 fully saturated rings. The Bertz CT molecular complexity index is 8010. The van der Waals surface area contributed by atoms with Gasteiger partial charge in [-0.1, -0.05) is 305 Å². The number of aryl methyl sites for hydroxylation is 6. The molecule has 6 nitrogen and oxygen atoms in total. The van der Waals surface area contributed by atoms with Crippen LogP contribution < -0.4 is 19.6 Å². The number of para-hydroxylation sites is 4. The van der Waals surface area contributed by atoms with Gasteiger partial charge in [0.1, 0.15) is 0 Å². The Morgan fingerprint density at radius 2 is 0.507 bits per heavy atom. The molecule has 0 aliphatic heterocycles. The Morgan fingerprint density at radius 1 is 0.194 bits per heavy atom. The van der Waals surface area contributed by atoms with Gasteiger partial charge in [0.25, 0.3) is 0 Å². The standard InChI is InChI=1S/C46H34N2.C44H42N2.C38H26N2/c1-2-34-22-28-40(29-23-34)48(46-21-11-15-38-13-7-9-19-44(38)46)42-32-26-36(27-33-42)35-24-30-41(31-25-35)47(39-16-4-3-5-17-39)45-20-10-14-37-12-6-8-18-43(37)45;1-8-36-18-21-42(29-33(36)5)46(41-17-11-14-32(4)26-41)44-23-20-38(28-35(44)7)37-19-22-43(34(6)27-37)45(39-15-9-12-30(2)24-39)40-16-10-13-31(3)25-40;1-2-26-15-24-38-34(25-26)33-11-5-8-14-37(33)40(38)30-22-18-28(19-23-30)27-16-20-29(21-17-27)39-35-12-6-3-9-31(35)32-10-4-7-13-36(32)39/h2-33H,1H2;8-29H,1H2,2-7H3;2-25H,1H2. The van der Waals surface area contributed by atoms with Crippen LogP contribution in [0.2, 0.25) is 0 Å². The van der Waals surface area contributed by atoms with E-state index in [1.54, 1.807) is 0 Å². The molecule has 0 N–H and O–H groups in total. The largest absolute Gasteiger partial charge is 0.310 e. The van der Waals surface area contributed by atoms with Gasteiger partial charge in [-0.25, -0.2) is 0 Å². The van der Waals surface area contributed by atoms with E-state index in [0.717, 1.165) is 79.3 Å². The minimum Gasteiger partial charge on any atom is -0.310 e. The molecule has 20 aromatic carbocycles. The smallest absolute Gasteiger partial charge is 0.0541 e. The predicted octanol–water partition coefficient (Wildman–Crippen LogP) is 36.2. The summed E-state index contributed by atoms with van der Waals surface area (Å²) in [6.45, 7) is 24.9. The summed E-state index contributed by atoms with van der Waals surface area (Å²) >= 11 is 0. The summed E-state index contributed by atoms with van der Waals surface area (Å²) in [6.07, 6.45) is 5.71. The molecule has 644 valence electrons. The lowest BCUT2D eigenvalue weighted by molar-refractivity contribution is 1.18. The minimum absolute atomic E-state index is 1.10. The Kier molecular flexibility index (Phi) is 23.8. The van der Waals surface area contributed by atoms with Crippen molar-refractivity contribution >= 4 is 152 Å². The summed E-state index contributed by atoms with van der Waals surface area (Å²) in [7, 11) is 0. The predicted molar refractivity (Wildman–Crippen MR) is 577 cm³/mol. The number of rotatable bonds is 20. The number of hydrogen-bond acceptors (Lipinski definition) is 4. The number of fused-ring (bicyclic) bond motifs is 8. The van der Waals surface area contributed by atoms with Crippen LogP contribution in [0.4, 0.5) is 68.2 Å². The van der Waals surface area contributed by atoms with Crippen molar-refractivity contribution in [1.29, 1.82) is 0 Å². The first kappa shape index (κ1) is 85.1. The van der Waals surface area contributed by atoms with Crippen molar-refractivity contribution in [3.05, 3.63) is 525 Å². The Hall–Kier alpha value is -17.1. The monoisotopic (exact) mass is 1720 g/mol. The maximum atomic E-state index is 3.99. The molecule has 6 heteroatoms. The molecule has 0 amide bonds. The van der Waals surface area contributed by atoms with Crippen molar-refractivity contribution in [3.63, 3.8) is 0 Å². The van der Waals surface area contributed by atoms with E-state index in [0.29, 0.717) is 0 Å². The average Bonchev–Trinajstić information content (AvgIpc) is 1.54. The zero-order valence-electron chi connectivity index (χ0n) is 76.3. The molecule has 134 heavy (non-hydrogen) atoms. The van der Waals surface area contributed by atoms with Crippen LogP contribution >= 0.6 is 0 Å². The van der Waals surface area contributed by atoms with E-state index in [1.165, 1.54) is 149 Å². The van der Waals surface area contributed by atoms with Crippen LogP contribution in [0.1, 0.15) is 50.1 Å². The fourth-order valence-corrected chi connectivity index (χ4v) is 19.2. The molecule has 0 aliphatic rings. The molecule has 0 saturated carbocycles. The number of benzene rings is 20. The topological polar surface area (TPSA) is 22.8 Å². The van der Waals surface area contributed by atoms with Gasteiger partial charge in [0.2, 0.25) is 0 Å². The lowest BCUT2D eigenvalue weighted by atomic mass is 9.98. The van der Waals surface area contributed by atoms with Gasteiger partial charge >= 0.3 is 0 Å². The van der Waals surface area contributed by atoms with Gasteiger partial charge in [0.05, 0.1) is 33.4 Å². The van der Waals surface area contributed by atoms with Gasteiger partial charge in [0, 0.05) is 101 Å². The number of hydrogen-bond donors (Lipinski definition) is 0. The Balaban J connectivity index is 0.000000125. The van der Waals surface area contributed by atoms with Crippen LogP contribution in [0.15, 0.2) is 475 Å². The highest BCUT2D eigenvalue weighted by Gasteiger charge is 2.24. The van der Waals surface area contributed by atoms with Crippen LogP contribution in [0.5, 0.6) is 0 Å². The van der Waals surface area contributed by atoms with Gasteiger partial charge in [0.15, 0.2) is 0 Å². The molecule has 0 radical (unpaired) electrons. The maximum absolute atomic E-state index is 3.99. The van der Waals surface area contributed by atoms with E-state index in [-0.39, 0.29) is 0 Å². The van der Waals surface area contributed by atoms with E-state index in [9.17, 15) is 0 Å². The lowest BCUT2D eigenvalue weighted by Crippen LogP contribution is -2.12. The average molecular weight is 1720 g/mol. The molecular formula is C128H102N6. The fourth-order valence-electron chi connectivity index (χ4n) is 19.2. The summed E-state index contributed by atoms with van der Waals surface area (Å²) < 4.78 is 4.71. The highest BCUT2D eigenvalue weighted by molar-refractivity contribution is 6.11. The van der Waals surface area contributed by atoms with E-state index >= 15 is 0 Å². The summed E-state index contributed by atoms with van der Waals surface area (Å²) in [4.78, 5) is 9.41. The molecule has 0 unspecified atom stereocenters. The molecule has 2 heterocycles. The quantitative estimate of drug-likeness (QED) is 0.0758. The molecule has 0 atom stereocenters. The van der Waals surface area contributed by atoms with E-state index in [1.807, 2.05) is 18.2 Å². The molecule has 22 aromatic rings.